The van der Waals surface area contributed by atoms with E-state index in [2.05, 4.69) is 5.32 Å². The van der Waals surface area contributed by atoms with Gasteiger partial charge in [0.15, 0.2) is 11.8 Å². The molecule has 202 valence electrons. The molecule has 1 aliphatic heterocycles. The maximum atomic E-state index is 13.5. The molecule has 0 radical (unpaired) electrons. The fourth-order valence-electron chi connectivity index (χ4n) is 4.35. The van der Waals surface area contributed by atoms with Crippen LogP contribution < -0.4 is 20.5 Å². The number of rotatable bonds is 7. The zero-order chi connectivity index (χ0) is 28.4. The first-order valence-corrected chi connectivity index (χ1v) is 13.3. The summed E-state index contributed by atoms with van der Waals surface area (Å²) in [4.78, 5) is 40.8. The number of hydrogen-bond acceptors (Lipinski definition) is 6. The summed E-state index contributed by atoms with van der Waals surface area (Å²) in [6.07, 6.45) is 1.61. The van der Waals surface area contributed by atoms with E-state index in [9.17, 15) is 14.4 Å². The third kappa shape index (κ3) is 5.21. The molecular weight excluding hydrogens is 526 g/mol. The third-order valence-corrected chi connectivity index (χ3v) is 7.36. The molecule has 0 aliphatic carbocycles. The number of amides is 2. The number of ether oxygens (including phenoxy) is 1. The number of benzene rings is 3. The number of aromatic nitrogens is 2. The van der Waals surface area contributed by atoms with Gasteiger partial charge in [-0.25, -0.2) is 9.58 Å². The van der Waals surface area contributed by atoms with Crippen LogP contribution in [0.3, 0.4) is 0 Å². The molecule has 0 atom stereocenters. The highest BCUT2D eigenvalue weighted by Gasteiger charge is 2.38. The average Bonchev–Trinajstić information content (AvgIpc) is 3.34. The van der Waals surface area contributed by atoms with Gasteiger partial charge >= 0.3 is 0 Å². The van der Waals surface area contributed by atoms with Crippen LogP contribution in [0, 0.1) is 19.3 Å². The second-order valence-corrected chi connectivity index (χ2v) is 10.2. The van der Waals surface area contributed by atoms with Gasteiger partial charge in [-0.2, -0.15) is 0 Å². The molecule has 0 unspecified atom stereocenters. The van der Waals surface area contributed by atoms with Crippen LogP contribution in [0.1, 0.15) is 16.8 Å². The highest BCUT2D eigenvalue weighted by atomic mass is 32.2. The van der Waals surface area contributed by atoms with Crippen molar-refractivity contribution < 1.29 is 14.3 Å². The lowest BCUT2D eigenvalue weighted by Crippen LogP contribution is -2.33. The molecule has 4 aromatic rings. The lowest BCUT2D eigenvalue weighted by Gasteiger charge is -2.12. The first-order valence-electron chi connectivity index (χ1n) is 12.5. The van der Waals surface area contributed by atoms with Gasteiger partial charge in [0.2, 0.25) is 0 Å². The Bertz CT molecular complexity index is 1700. The van der Waals surface area contributed by atoms with Gasteiger partial charge in [-0.1, -0.05) is 54.1 Å². The molecule has 0 bridgehead atoms. The van der Waals surface area contributed by atoms with E-state index in [0.29, 0.717) is 28.4 Å². The van der Waals surface area contributed by atoms with Crippen molar-refractivity contribution in [3.63, 3.8) is 0 Å². The summed E-state index contributed by atoms with van der Waals surface area (Å²) in [5, 5.41) is 11.3. The highest BCUT2D eigenvalue weighted by molar-refractivity contribution is 8.19. The SMILES string of the molecule is Cc1ccc(NC(=O)COc2ccccc2/C=C2\SC(=N)N(c3c(C)n(C)n(-c4ccccc4)c3=O)C2=O)cc1. The number of carbonyl (C=O) groups excluding carboxylic acids is 2. The second kappa shape index (κ2) is 11.1. The van der Waals surface area contributed by atoms with E-state index >= 15 is 0 Å². The van der Waals surface area contributed by atoms with Gasteiger partial charge in [0.1, 0.15) is 11.4 Å². The molecule has 1 fully saturated rings. The first kappa shape index (κ1) is 26.8. The van der Waals surface area contributed by atoms with Crippen molar-refractivity contribution in [3.05, 3.63) is 111 Å². The van der Waals surface area contributed by atoms with Gasteiger partial charge in [-0.3, -0.25) is 24.5 Å². The van der Waals surface area contributed by atoms with E-state index in [4.69, 9.17) is 10.1 Å². The van der Waals surface area contributed by atoms with Gasteiger partial charge in [-0.05, 0) is 62.0 Å². The van der Waals surface area contributed by atoms with Crippen molar-refractivity contribution in [3.8, 4) is 11.4 Å². The van der Waals surface area contributed by atoms with Crippen LogP contribution in [-0.2, 0) is 16.6 Å². The number of nitrogens with zero attached hydrogens (tertiary/aromatic N) is 3. The van der Waals surface area contributed by atoms with Gasteiger partial charge in [0.25, 0.3) is 17.4 Å². The van der Waals surface area contributed by atoms with E-state index in [1.807, 2.05) is 49.4 Å². The number of carbonyl (C=O) groups is 2. The van der Waals surface area contributed by atoms with Crippen LogP contribution in [0.4, 0.5) is 11.4 Å². The molecule has 1 aromatic heterocycles. The Morgan fingerprint density at radius 3 is 2.38 bits per heavy atom. The molecule has 40 heavy (non-hydrogen) atoms. The second-order valence-electron chi connectivity index (χ2n) is 9.21. The molecule has 5 rings (SSSR count). The summed E-state index contributed by atoms with van der Waals surface area (Å²) in [5.74, 6) is -0.387. The molecule has 2 amide bonds. The topological polar surface area (TPSA) is 109 Å². The first-order chi connectivity index (χ1) is 19.2. The summed E-state index contributed by atoms with van der Waals surface area (Å²) in [6.45, 7) is 3.49. The minimum Gasteiger partial charge on any atom is -0.483 e. The molecule has 0 spiro atoms. The number of nitrogens with one attached hydrogen (secondary N) is 2. The van der Waals surface area contributed by atoms with Crippen molar-refractivity contribution in [1.82, 2.24) is 9.36 Å². The molecule has 2 N–H and O–H groups in total. The van der Waals surface area contributed by atoms with E-state index in [-0.39, 0.29) is 28.3 Å². The molecule has 10 heteroatoms. The Labute approximate surface area is 235 Å². The van der Waals surface area contributed by atoms with E-state index in [0.717, 1.165) is 22.2 Å². The summed E-state index contributed by atoms with van der Waals surface area (Å²) < 4.78 is 8.93. The zero-order valence-electron chi connectivity index (χ0n) is 22.2. The minimum atomic E-state index is -0.479. The quantitative estimate of drug-likeness (QED) is 0.318. The van der Waals surface area contributed by atoms with Crippen molar-refractivity contribution in [2.24, 2.45) is 7.05 Å². The number of hydrogen-bond donors (Lipinski definition) is 2. The summed E-state index contributed by atoms with van der Waals surface area (Å²) in [6, 6.07) is 23.6. The predicted octanol–water partition coefficient (Wildman–Crippen LogP) is 4.87. The van der Waals surface area contributed by atoms with E-state index in [1.54, 1.807) is 61.1 Å². The molecular formula is C30H27N5O4S. The molecule has 0 saturated carbocycles. The zero-order valence-corrected chi connectivity index (χ0v) is 23.0. The van der Waals surface area contributed by atoms with Crippen LogP contribution in [0.5, 0.6) is 5.75 Å². The Kier molecular flexibility index (Phi) is 7.43. The fraction of sp³-hybridized carbons (Fsp3) is 0.133. The fourth-order valence-corrected chi connectivity index (χ4v) is 5.19. The van der Waals surface area contributed by atoms with E-state index < -0.39 is 11.5 Å². The highest BCUT2D eigenvalue weighted by Crippen LogP contribution is 2.36. The van der Waals surface area contributed by atoms with Crippen LogP contribution in [0.25, 0.3) is 11.8 Å². The summed E-state index contributed by atoms with van der Waals surface area (Å²) in [5.41, 5.74) is 3.28. The Balaban J connectivity index is 1.38. The minimum absolute atomic E-state index is 0.0712. The summed E-state index contributed by atoms with van der Waals surface area (Å²) in [7, 11) is 1.74. The molecule has 2 heterocycles. The van der Waals surface area contributed by atoms with Crippen LogP contribution in [0.15, 0.2) is 88.6 Å². The standard InChI is InChI=1S/C30H27N5O4S/c1-19-13-15-22(16-14-19)32-26(36)18-39-24-12-8-7-9-21(24)17-25-28(37)34(30(31)40-25)27-20(2)33(3)35(29(27)38)23-10-5-4-6-11-23/h4-17,31H,18H2,1-3H3,(H,32,36)/b25-17-,31-30?. The van der Waals surface area contributed by atoms with Crippen molar-refractivity contribution in [1.29, 1.82) is 5.41 Å². The summed E-state index contributed by atoms with van der Waals surface area (Å²) >= 11 is 0.964. The van der Waals surface area contributed by atoms with Crippen LogP contribution in [0.2, 0.25) is 0 Å². The molecule has 3 aromatic carbocycles. The largest absolute Gasteiger partial charge is 0.483 e. The van der Waals surface area contributed by atoms with Gasteiger partial charge in [0, 0.05) is 18.3 Å². The number of anilines is 2. The Morgan fingerprint density at radius 1 is 0.975 bits per heavy atom. The smallest absolute Gasteiger partial charge is 0.296 e. The van der Waals surface area contributed by atoms with Gasteiger partial charge in [-0.15, -0.1) is 0 Å². The van der Waals surface area contributed by atoms with Crippen molar-refractivity contribution in [2.75, 3.05) is 16.8 Å². The normalized spacial score (nSPS) is 14.2. The maximum Gasteiger partial charge on any atom is 0.296 e. The predicted molar refractivity (Wildman–Crippen MR) is 158 cm³/mol. The average molecular weight is 554 g/mol. The Hall–Kier alpha value is -4.83. The number of thioether (sulfide) groups is 1. The Morgan fingerprint density at radius 2 is 1.65 bits per heavy atom. The molecule has 9 nitrogen and oxygen atoms in total. The lowest BCUT2D eigenvalue weighted by atomic mass is 10.2. The van der Waals surface area contributed by atoms with Crippen LogP contribution >= 0.6 is 11.8 Å². The monoisotopic (exact) mass is 553 g/mol. The van der Waals surface area contributed by atoms with Crippen molar-refractivity contribution >= 4 is 46.2 Å². The van der Waals surface area contributed by atoms with Crippen molar-refractivity contribution in [2.45, 2.75) is 13.8 Å². The lowest BCUT2D eigenvalue weighted by molar-refractivity contribution is -0.118. The number of para-hydroxylation sites is 2. The van der Waals surface area contributed by atoms with Crippen LogP contribution in [-0.4, -0.2) is 33.0 Å². The molecule has 1 saturated heterocycles. The molecule has 1 aliphatic rings. The number of amidine groups is 1. The van der Waals surface area contributed by atoms with E-state index in [1.165, 1.54) is 4.68 Å². The van der Waals surface area contributed by atoms with Gasteiger partial charge in [0.05, 0.1) is 16.3 Å². The maximum absolute atomic E-state index is 13.5. The van der Waals surface area contributed by atoms with Gasteiger partial charge < -0.3 is 10.1 Å². The number of aryl methyl sites for hydroxylation is 1. The third-order valence-electron chi connectivity index (χ3n) is 6.47.